The van der Waals surface area contributed by atoms with Crippen molar-refractivity contribution >= 4 is 11.6 Å². The second-order valence-corrected chi connectivity index (χ2v) is 5.01. The number of anilines is 2. The van der Waals surface area contributed by atoms with Crippen LogP contribution in [0.5, 0.6) is 0 Å². The zero-order chi connectivity index (χ0) is 13.9. The molecule has 1 unspecified atom stereocenters. The molecule has 0 fully saturated rings. The monoisotopic (exact) mass is 264 g/mol. The lowest BCUT2D eigenvalue weighted by atomic mass is 9.99. The lowest BCUT2D eigenvalue weighted by Gasteiger charge is -2.15. The van der Waals surface area contributed by atoms with Crippen LogP contribution in [0.3, 0.4) is 0 Å². The van der Waals surface area contributed by atoms with Gasteiger partial charge in [-0.25, -0.2) is 9.97 Å². The molecule has 0 aromatic carbocycles. The highest BCUT2D eigenvalue weighted by Crippen LogP contribution is 2.14. The van der Waals surface area contributed by atoms with E-state index in [2.05, 4.69) is 41.4 Å². The van der Waals surface area contributed by atoms with Crippen LogP contribution in [0.1, 0.15) is 52.9 Å². The van der Waals surface area contributed by atoms with Crippen LogP contribution in [0.15, 0.2) is 12.4 Å². The molecule has 0 aliphatic rings. The Morgan fingerprint density at radius 3 is 2.42 bits per heavy atom. The fourth-order valence-electron chi connectivity index (χ4n) is 2.00. The van der Waals surface area contributed by atoms with E-state index in [0.717, 1.165) is 37.1 Å². The van der Waals surface area contributed by atoms with Gasteiger partial charge >= 0.3 is 0 Å². The molecule has 0 aliphatic heterocycles. The minimum Gasteiger partial charge on any atom is -0.370 e. The molecule has 19 heavy (non-hydrogen) atoms. The summed E-state index contributed by atoms with van der Waals surface area (Å²) < 4.78 is 0. The van der Waals surface area contributed by atoms with E-state index in [0.29, 0.717) is 0 Å². The maximum atomic E-state index is 4.27. The van der Waals surface area contributed by atoms with Crippen LogP contribution in [0.2, 0.25) is 0 Å². The van der Waals surface area contributed by atoms with Crippen LogP contribution in [-0.2, 0) is 0 Å². The molecule has 108 valence electrons. The summed E-state index contributed by atoms with van der Waals surface area (Å²) >= 11 is 0. The van der Waals surface area contributed by atoms with Gasteiger partial charge in [0.2, 0.25) is 0 Å². The van der Waals surface area contributed by atoms with Crippen molar-refractivity contribution in [2.24, 2.45) is 5.92 Å². The lowest BCUT2D eigenvalue weighted by molar-refractivity contribution is 0.472. The minimum atomic E-state index is 0.738. The van der Waals surface area contributed by atoms with Gasteiger partial charge in [0.1, 0.15) is 18.0 Å². The Hall–Kier alpha value is -1.32. The molecule has 1 atom stereocenters. The maximum absolute atomic E-state index is 4.27. The van der Waals surface area contributed by atoms with Crippen molar-refractivity contribution in [1.82, 2.24) is 9.97 Å². The summed E-state index contributed by atoms with van der Waals surface area (Å²) in [6.07, 6.45) is 7.82. The van der Waals surface area contributed by atoms with Gasteiger partial charge in [-0.2, -0.15) is 0 Å². The van der Waals surface area contributed by atoms with Gasteiger partial charge < -0.3 is 10.6 Å². The van der Waals surface area contributed by atoms with E-state index in [4.69, 9.17) is 0 Å². The normalized spacial score (nSPS) is 12.2. The number of rotatable bonds is 10. The molecule has 1 rings (SSSR count). The smallest absolute Gasteiger partial charge is 0.131 e. The van der Waals surface area contributed by atoms with Crippen LogP contribution in [0.4, 0.5) is 11.6 Å². The molecule has 0 spiro atoms. The number of hydrogen-bond acceptors (Lipinski definition) is 4. The Labute approximate surface area is 117 Å². The largest absolute Gasteiger partial charge is 0.370 e. The summed E-state index contributed by atoms with van der Waals surface area (Å²) in [5, 5.41) is 6.71. The van der Waals surface area contributed by atoms with Gasteiger partial charge in [0.05, 0.1) is 0 Å². The van der Waals surface area contributed by atoms with Gasteiger partial charge in [-0.05, 0) is 18.8 Å². The van der Waals surface area contributed by atoms with Crippen LogP contribution in [0, 0.1) is 5.92 Å². The van der Waals surface area contributed by atoms with Gasteiger partial charge in [0.15, 0.2) is 0 Å². The molecule has 0 saturated carbocycles. The molecule has 1 aromatic heterocycles. The van der Waals surface area contributed by atoms with Gasteiger partial charge in [-0.1, -0.05) is 40.0 Å². The second kappa shape index (κ2) is 9.59. The first kappa shape index (κ1) is 15.7. The van der Waals surface area contributed by atoms with Crippen molar-refractivity contribution in [3.05, 3.63) is 12.4 Å². The third-order valence-corrected chi connectivity index (χ3v) is 3.34. The third kappa shape index (κ3) is 6.41. The van der Waals surface area contributed by atoms with Crippen molar-refractivity contribution < 1.29 is 0 Å². The standard InChI is InChI=1S/C15H28N4/c1-4-7-8-13(6-3)11-17-15-10-14(16-9-5-2)18-12-19-15/h10,12-13H,4-9,11H2,1-3H3,(H2,16,17,18,19). The predicted molar refractivity (Wildman–Crippen MR) is 82.6 cm³/mol. The van der Waals surface area contributed by atoms with Gasteiger partial charge in [0, 0.05) is 19.2 Å². The van der Waals surface area contributed by atoms with E-state index < -0.39 is 0 Å². The number of aromatic nitrogens is 2. The number of hydrogen-bond donors (Lipinski definition) is 2. The van der Waals surface area contributed by atoms with E-state index in [9.17, 15) is 0 Å². The Morgan fingerprint density at radius 1 is 1.05 bits per heavy atom. The summed E-state index contributed by atoms with van der Waals surface area (Å²) in [5.41, 5.74) is 0. The zero-order valence-corrected chi connectivity index (χ0v) is 12.6. The fourth-order valence-corrected chi connectivity index (χ4v) is 2.00. The summed E-state index contributed by atoms with van der Waals surface area (Å²) in [6, 6.07) is 1.99. The molecule has 1 aromatic rings. The molecule has 1 heterocycles. The van der Waals surface area contributed by atoms with Crippen molar-refractivity contribution in [3.8, 4) is 0 Å². The highest BCUT2D eigenvalue weighted by molar-refractivity contribution is 5.46. The summed E-state index contributed by atoms with van der Waals surface area (Å²) in [4.78, 5) is 8.48. The van der Waals surface area contributed by atoms with E-state index in [-0.39, 0.29) is 0 Å². The molecule has 0 saturated heterocycles. The Morgan fingerprint density at radius 2 is 1.79 bits per heavy atom. The van der Waals surface area contributed by atoms with Gasteiger partial charge in [0.25, 0.3) is 0 Å². The van der Waals surface area contributed by atoms with Gasteiger partial charge in [-0.15, -0.1) is 0 Å². The van der Waals surface area contributed by atoms with E-state index in [1.807, 2.05) is 6.07 Å². The van der Waals surface area contributed by atoms with Crippen molar-refractivity contribution in [1.29, 1.82) is 0 Å². The molecule has 0 radical (unpaired) electrons. The van der Waals surface area contributed by atoms with Crippen LogP contribution in [-0.4, -0.2) is 23.1 Å². The van der Waals surface area contributed by atoms with E-state index in [1.54, 1.807) is 6.33 Å². The van der Waals surface area contributed by atoms with Crippen molar-refractivity contribution in [2.75, 3.05) is 23.7 Å². The molecular formula is C15H28N4. The first-order chi connectivity index (χ1) is 9.30. The predicted octanol–water partition coefficient (Wildman–Crippen LogP) is 3.93. The molecule has 0 amide bonds. The lowest BCUT2D eigenvalue weighted by Crippen LogP contribution is -2.14. The van der Waals surface area contributed by atoms with Gasteiger partial charge in [-0.3, -0.25) is 0 Å². The Kier molecular flexibility index (Phi) is 7.94. The molecular weight excluding hydrogens is 236 g/mol. The number of nitrogens with zero attached hydrogens (tertiary/aromatic N) is 2. The van der Waals surface area contributed by atoms with Crippen LogP contribution in [0.25, 0.3) is 0 Å². The first-order valence-electron chi connectivity index (χ1n) is 7.59. The topological polar surface area (TPSA) is 49.8 Å². The molecule has 0 aliphatic carbocycles. The fraction of sp³-hybridized carbons (Fsp3) is 0.733. The molecule has 0 bridgehead atoms. The molecule has 4 heteroatoms. The van der Waals surface area contributed by atoms with Crippen LogP contribution < -0.4 is 10.6 Å². The first-order valence-corrected chi connectivity index (χ1v) is 7.59. The van der Waals surface area contributed by atoms with Crippen LogP contribution >= 0.6 is 0 Å². The number of unbranched alkanes of at least 4 members (excludes halogenated alkanes) is 1. The summed E-state index contributed by atoms with van der Waals surface area (Å²) in [6.45, 7) is 8.60. The highest BCUT2D eigenvalue weighted by atomic mass is 15.1. The average molecular weight is 264 g/mol. The molecule has 4 nitrogen and oxygen atoms in total. The third-order valence-electron chi connectivity index (χ3n) is 3.34. The second-order valence-electron chi connectivity index (χ2n) is 5.01. The van der Waals surface area contributed by atoms with E-state index in [1.165, 1.54) is 25.7 Å². The quantitative estimate of drug-likeness (QED) is 0.672. The summed E-state index contributed by atoms with van der Waals surface area (Å²) in [5.74, 6) is 2.56. The SMILES string of the molecule is CCCCC(CC)CNc1cc(NCCC)ncn1. The van der Waals surface area contributed by atoms with E-state index >= 15 is 0 Å². The number of nitrogens with one attached hydrogen (secondary N) is 2. The summed E-state index contributed by atoms with van der Waals surface area (Å²) in [7, 11) is 0. The maximum Gasteiger partial charge on any atom is 0.131 e. The van der Waals surface area contributed by atoms with Crippen molar-refractivity contribution in [3.63, 3.8) is 0 Å². The average Bonchev–Trinajstić information content (AvgIpc) is 2.46. The minimum absolute atomic E-state index is 0.738. The Bertz CT molecular complexity index is 341. The highest BCUT2D eigenvalue weighted by Gasteiger charge is 2.06. The Balaban J connectivity index is 2.42. The van der Waals surface area contributed by atoms with Crippen molar-refractivity contribution in [2.45, 2.75) is 52.9 Å². The molecule has 2 N–H and O–H groups in total. The zero-order valence-electron chi connectivity index (χ0n) is 12.6.